The first-order valence-corrected chi connectivity index (χ1v) is 8.32. The maximum atomic E-state index is 11.9. The highest BCUT2D eigenvalue weighted by molar-refractivity contribution is 7.98. The van der Waals surface area contributed by atoms with Crippen molar-refractivity contribution in [3.63, 3.8) is 0 Å². The van der Waals surface area contributed by atoms with Crippen molar-refractivity contribution in [1.29, 1.82) is 0 Å². The van der Waals surface area contributed by atoms with Crippen molar-refractivity contribution in [3.05, 3.63) is 62.5 Å². The van der Waals surface area contributed by atoms with Gasteiger partial charge in [-0.1, -0.05) is 42.1 Å². The number of aryl methyl sites for hydroxylation is 1. The van der Waals surface area contributed by atoms with Crippen LogP contribution in [0.15, 0.2) is 45.7 Å². The highest BCUT2D eigenvalue weighted by atomic mass is 32.2. The van der Waals surface area contributed by atoms with Crippen LogP contribution in [-0.2, 0) is 12.3 Å². The maximum Gasteiger partial charge on any atom is 0.344 e. The van der Waals surface area contributed by atoms with Gasteiger partial charge in [-0.05, 0) is 12.5 Å². The van der Waals surface area contributed by atoms with Gasteiger partial charge in [0, 0.05) is 11.1 Å². The fourth-order valence-electron chi connectivity index (χ4n) is 1.93. The summed E-state index contributed by atoms with van der Waals surface area (Å²) in [6, 6.07) is 9.88. The first-order valence-electron chi connectivity index (χ1n) is 6.45. The number of thiazole rings is 1. The van der Waals surface area contributed by atoms with Crippen LogP contribution in [0.3, 0.4) is 0 Å². The lowest BCUT2D eigenvalue weighted by Crippen LogP contribution is -2.18. The zero-order valence-electron chi connectivity index (χ0n) is 11.4. The Bertz CT molecular complexity index is 776. The molecule has 0 spiro atoms. The lowest BCUT2D eigenvalue weighted by atomic mass is 10.2. The van der Waals surface area contributed by atoms with Crippen LogP contribution < -0.4 is 5.69 Å². The molecule has 1 N–H and O–H groups in total. The van der Waals surface area contributed by atoms with Gasteiger partial charge in [-0.2, -0.15) is 0 Å². The summed E-state index contributed by atoms with van der Waals surface area (Å²) in [6.45, 7) is 2.51. The SMILES string of the molecule is Cc1nc(CSc2n[nH]c(=O)n2Cc2ccccc2)cs1. The molecule has 7 heteroatoms. The summed E-state index contributed by atoms with van der Waals surface area (Å²) in [5.41, 5.74) is 1.91. The number of nitrogens with one attached hydrogen (secondary N) is 1. The van der Waals surface area contributed by atoms with Gasteiger partial charge in [0.2, 0.25) is 0 Å². The van der Waals surface area contributed by atoms with Crippen molar-refractivity contribution < 1.29 is 0 Å². The molecule has 3 rings (SSSR count). The van der Waals surface area contributed by atoms with E-state index in [9.17, 15) is 4.79 Å². The van der Waals surface area contributed by atoms with Crippen molar-refractivity contribution in [2.45, 2.75) is 24.4 Å². The molecule has 2 heterocycles. The van der Waals surface area contributed by atoms with Gasteiger partial charge in [-0.15, -0.1) is 16.4 Å². The fraction of sp³-hybridized carbons (Fsp3) is 0.214. The van der Waals surface area contributed by atoms with Crippen LogP contribution in [0.5, 0.6) is 0 Å². The summed E-state index contributed by atoms with van der Waals surface area (Å²) in [7, 11) is 0. The molecule has 0 unspecified atom stereocenters. The Labute approximate surface area is 130 Å². The topological polar surface area (TPSA) is 63.6 Å². The molecular weight excluding hydrogens is 304 g/mol. The Morgan fingerprint density at radius 1 is 1.33 bits per heavy atom. The van der Waals surface area contributed by atoms with Crippen molar-refractivity contribution in [1.82, 2.24) is 19.7 Å². The summed E-state index contributed by atoms with van der Waals surface area (Å²) in [6.07, 6.45) is 0. The molecule has 0 radical (unpaired) electrons. The van der Waals surface area contributed by atoms with Gasteiger partial charge in [-0.25, -0.2) is 14.9 Å². The number of rotatable bonds is 5. The van der Waals surface area contributed by atoms with E-state index in [1.807, 2.05) is 42.6 Å². The number of nitrogens with zero attached hydrogens (tertiary/aromatic N) is 3. The van der Waals surface area contributed by atoms with E-state index < -0.39 is 0 Å². The summed E-state index contributed by atoms with van der Waals surface area (Å²) in [5, 5.41) is 10.4. The molecule has 0 atom stereocenters. The van der Waals surface area contributed by atoms with Gasteiger partial charge in [0.05, 0.1) is 17.2 Å². The number of thioether (sulfide) groups is 1. The second-order valence-corrected chi connectivity index (χ2v) is 6.53. The Kier molecular flexibility index (Phi) is 4.21. The number of H-pyrrole nitrogens is 1. The molecule has 3 aromatic rings. The second-order valence-electron chi connectivity index (χ2n) is 4.53. The predicted molar refractivity (Wildman–Crippen MR) is 84.8 cm³/mol. The average molecular weight is 318 g/mol. The lowest BCUT2D eigenvalue weighted by molar-refractivity contribution is 0.687. The molecule has 0 aliphatic heterocycles. The van der Waals surface area contributed by atoms with E-state index in [1.54, 1.807) is 15.9 Å². The summed E-state index contributed by atoms with van der Waals surface area (Å²) < 4.78 is 1.65. The van der Waals surface area contributed by atoms with Gasteiger partial charge in [-0.3, -0.25) is 4.57 Å². The quantitative estimate of drug-likeness (QED) is 0.735. The minimum absolute atomic E-state index is 0.184. The molecule has 0 saturated heterocycles. The first kappa shape index (κ1) is 14.1. The highest BCUT2D eigenvalue weighted by Gasteiger charge is 2.10. The van der Waals surface area contributed by atoms with Crippen LogP contribution in [-0.4, -0.2) is 19.7 Å². The van der Waals surface area contributed by atoms with Gasteiger partial charge in [0.1, 0.15) is 0 Å². The minimum atomic E-state index is -0.184. The maximum absolute atomic E-state index is 11.9. The third-order valence-corrected chi connectivity index (χ3v) is 4.75. The fourth-order valence-corrected chi connectivity index (χ4v) is 3.49. The Morgan fingerprint density at radius 3 is 2.86 bits per heavy atom. The van der Waals surface area contributed by atoms with Crippen molar-refractivity contribution >= 4 is 23.1 Å². The first-order chi connectivity index (χ1) is 10.2. The number of aromatic amines is 1. The van der Waals surface area contributed by atoms with Gasteiger partial charge in [0.25, 0.3) is 0 Å². The van der Waals surface area contributed by atoms with Crippen LogP contribution in [0, 0.1) is 6.92 Å². The van der Waals surface area contributed by atoms with Gasteiger partial charge < -0.3 is 0 Å². The molecule has 5 nitrogen and oxygen atoms in total. The van der Waals surface area contributed by atoms with E-state index in [2.05, 4.69) is 15.2 Å². The average Bonchev–Trinajstić information content (AvgIpc) is 3.06. The molecule has 0 saturated carbocycles. The summed E-state index contributed by atoms with van der Waals surface area (Å²) in [4.78, 5) is 16.3. The number of aromatic nitrogens is 4. The van der Waals surface area contributed by atoms with Gasteiger partial charge >= 0.3 is 5.69 Å². The Hall–Kier alpha value is -1.86. The third-order valence-electron chi connectivity index (χ3n) is 2.92. The van der Waals surface area contributed by atoms with Crippen LogP contribution >= 0.6 is 23.1 Å². The number of hydrogen-bond acceptors (Lipinski definition) is 5. The molecule has 1 aromatic carbocycles. The van der Waals surface area contributed by atoms with Crippen LogP contribution in [0.25, 0.3) is 0 Å². The van der Waals surface area contributed by atoms with E-state index in [0.717, 1.165) is 16.3 Å². The van der Waals surface area contributed by atoms with Crippen LogP contribution in [0.2, 0.25) is 0 Å². The molecular formula is C14H14N4OS2. The highest BCUT2D eigenvalue weighted by Crippen LogP contribution is 2.21. The zero-order chi connectivity index (χ0) is 14.7. The smallest absolute Gasteiger partial charge is 0.266 e. The molecule has 21 heavy (non-hydrogen) atoms. The standard InChI is InChI=1S/C14H14N4OS2/c1-10-15-12(8-20-10)9-21-14-17-16-13(19)18(14)7-11-5-3-2-4-6-11/h2-6,8H,7,9H2,1H3,(H,16,19). The Balaban J connectivity index is 1.75. The van der Waals surface area contributed by atoms with E-state index in [0.29, 0.717) is 17.5 Å². The Morgan fingerprint density at radius 2 is 2.14 bits per heavy atom. The molecule has 108 valence electrons. The van der Waals surface area contributed by atoms with Crippen LogP contribution in [0.4, 0.5) is 0 Å². The molecule has 0 aliphatic carbocycles. The second kappa shape index (κ2) is 6.28. The monoisotopic (exact) mass is 318 g/mol. The van der Waals surface area contributed by atoms with Crippen molar-refractivity contribution in [2.24, 2.45) is 0 Å². The molecule has 0 aliphatic rings. The van der Waals surface area contributed by atoms with E-state index >= 15 is 0 Å². The van der Waals surface area contributed by atoms with Gasteiger partial charge in [0.15, 0.2) is 5.16 Å². The largest absolute Gasteiger partial charge is 0.344 e. The van der Waals surface area contributed by atoms with E-state index in [4.69, 9.17) is 0 Å². The molecule has 2 aromatic heterocycles. The summed E-state index contributed by atoms with van der Waals surface area (Å²) >= 11 is 3.15. The zero-order valence-corrected chi connectivity index (χ0v) is 13.1. The molecule has 0 bridgehead atoms. The number of benzene rings is 1. The molecule has 0 fully saturated rings. The normalized spacial score (nSPS) is 10.9. The minimum Gasteiger partial charge on any atom is -0.266 e. The van der Waals surface area contributed by atoms with E-state index in [-0.39, 0.29) is 5.69 Å². The third kappa shape index (κ3) is 3.43. The van der Waals surface area contributed by atoms with Crippen molar-refractivity contribution in [3.8, 4) is 0 Å². The van der Waals surface area contributed by atoms with E-state index in [1.165, 1.54) is 11.8 Å². The van der Waals surface area contributed by atoms with Crippen LogP contribution in [0.1, 0.15) is 16.3 Å². The molecule has 0 amide bonds. The number of hydrogen-bond donors (Lipinski definition) is 1. The van der Waals surface area contributed by atoms with Crippen molar-refractivity contribution in [2.75, 3.05) is 0 Å². The predicted octanol–water partition coefficient (Wildman–Crippen LogP) is 2.68. The summed E-state index contributed by atoms with van der Waals surface area (Å²) in [5.74, 6) is 0.712. The lowest BCUT2D eigenvalue weighted by Gasteiger charge is -2.04.